The second-order valence-corrected chi connectivity index (χ2v) is 5.65. The van der Waals surface area contributed by atoms with Crippen molar-refractivity contribution in [2.45, 2.75) is 52.1 Å². The Balaban J connectivity index is 2.13. The molecule has 1 saturated carbocycles. The SMILES string of the molecule is Cc1ccc(C(C)N(CCC(=O)O)C2CC2)c(C)c1. The Morgan fingerprint density at radius 1 is 1.42 bits per heavy atom. The van der Waals surface area contributed by atoms with Crippen molar-refractivity contribution >= 4 is 5.97 Å². The molecule has 1 fully saturated rings. The molecule has 0 bridgehead atoms. The molecule has 1 aromatic carbocycles. The van der Waals surface area contributed by atoms with Gasteiger partial charge in [-0.05, 0) is 44.7 Å². The molecule has 1 unspecified atom stereocenters. The molecule has 1 N–H and O–H groups in total. The zero-order valence-electron chi connectivity index (χ0n) is 12.0. The minimum absolute atomic E-state index is 0.228. The first-order valence-corrected chi connectivity index (χ1v) is 7.03. The van der Waals surface area contributed by atoms with E-state index in [1.165, 1.54) is 29.5 Å². The number of hydrogen-bond donors (Lipinski definition) is 1. The minimum atomic E-state index is -0.710. The van der Waals surface area contributed by atoms with Gasteiger partial charge in [-0.2, -0.15) is 0 Å². The summed E-state index contributed by atoms with van der Waals surface area (Å²) in [5.74, 6) is -0.710. The smallest absolute Gasteiger partial charge is 0.304 e. The van der Waals surface area contributed by atoms with Gasteiger partial charge in [-0.1, -0.05) is 23.8 Å². The summed E-state index contributed by atoms with van der Waals surface area (Å²) in [4.78, 5) is 13.1. The third-order valence-corrected chi connectivity index (χ3v) is 3.97. The van der Waals surface area contributed by atoms with Crippen molar-refractivity contribution in [3.05, 3.63) is 34.9 Å². The molecule has 0 spiro atoms. The molecule has 0 aromatic heterocycles. The monoisotopic (exact) mass is 261 g/mol. The number of carboxylic acid groups (broad SMARTS) is 1. The van der Waals surface area contributed by atoms with Crippen molar-refractivity contribution in [3.8, 4) is 0 Å². The van der Waals surface area contributed by atoms with Crippen LogP contribution in [0.4, 0.5) is 0 Å². The Morgan fingerprint density at radius 2 is 2.11 bits per heavy atom. The summed E-state index contributed by atoms with van der Waals surface area (Å²) >= 11 is 0. The van der Waals surface area contributed by atoms with Gasteiger partial charge < -0.3 is 5.11 Å². The molecular weight excluding hydrogens is 238 g/mol. The molecule has 1 aliphatic rings. The summed E-state index contributed by atoms with van der Waals surface area (Å²) in [6.45, 7) is 7.08. The predicted molar refractivity (Wildman–Crippen MR) is 76.3 cm³/mol. The van der Waals surface area contributed by atoms with Crippen LogP contribution >= 0.6 is 0 Å². The van der Waals surface area contributed by atoms with E-state index in [0.717, 1.165) is 0 Å². The van der Waals surface area contributed by atoms with E-state index in [2.05, 4.69) is 43.9 Å². The van der Waals surface area contributed by atoms with Crippen LogP contribution in [0.25, 0.3) is 0 Å². The Hall–Kier alpha value is -1.35. The average Bonchev–Trinajstić information content (AvgIpc) is 3.13. The molecule has 0 heterocycles. The van der Waals surface area contributed by atoms with Gasteiger partial charge in [0.1, 0.15) is 0 Å². The highest BCUT2D eigenvalue weighted by Crippen LogP contribution is 2.35. The zero-order chi connectivity index (χ0) is 14.0. The van der Waals surface area contributed by atoms with E-state index >= 15 is 0 Å². The number of carboxylic acids is 1. The van der Waals surface area contributed by atoms with Gasteiger partial charge in [-0.15, -0.1) is 0 Å². The van der Waals surface area contributed by atoms with E-state index in [9.17, 15) is 4.79 Å². The van der Waals surface area contributed by atoms with Gasteiger partial charge in [-0.25, -0.2) is 0 Å². The summed E-state index contributed by atoms with van der Waals surface area (Å²) in [6.07, 6.45) is 2.63. The fourth-order valence-electron chi connectivity index (χ4n) is 2.80. The fourth-order valence-corrected chi connectivity index (χ4v) is 2.80. The van der Waals surface area contributed by atoms with Gasteiger partial charge in [0.2, 0.25) is 0 Å². The maximum Gasteiger partial charge on any atom is 0.304 e. The summed E-state index contributed by atoms with van der Waals surface area (Å²) < 4.78 is 0. The number of hydrogen-bond acceptors (Lipinski definition) is 2. The fraction of sp³-hybridized carbons (Fsp3) is 0.562. The van der Waals surface area contributed by atoms with Gasteiger partial charge in [0, 0.05) is 18.6 Å². The molecule has 1 atom stereocenters. The quantitative estimate of drug-likeness (QED) is 0.854. The number of benzene rings is 1. The highest BCUT2D eigenvalue weighted by molar-refractivity contribution is 5.66. The number of rotatable bonds is 6. The first-order valence-electron chi connectivity index (χ1n) is 7.03. The number of carbonyl (C=O) groups is 1. The molecule has 3 heteroatoms. The van der Waals surface area contributed by atoms with Crippen molar-refractivity contribution in [1.29, 1.82) is 0 Å². The standard InChI is InChI=1S/C16H23NO2/c1-11-4-7-15(12(2)10-11)13(3)17(14-5-6-14)9-8-16(18)19/h4,7,10,13-14H,5-6,8-9H2,1-3H3,(H,18,19). The first kappa shape index (κ1) is 14.1. The van der Waals surface area contributed by atoms with Crippen molar-refractivity contribution in [2.24, 2.45) is 0 Å². The summed E-state index contributed by atoms with van der Waals surface area (Å²) in [5, 5.41) is 8.88. The molecule has 1 aliphatic carbocycles. The number of nitrogens with zero attached hydrogens (tertiary/aromatic N) is 1. The Kier molecular flexibility index (Phi) is 4.25. The molecule has 0 radical (unpaired) electrons. The van der Waals surface area contributed by atoms with E-state index in [1.807, 2.05) is 0 Å². The van der Waals surface area contributed by atoms with Crippen LogP contribution in [-0.4, -0.2) is 28.6 Å². The highest BCUT2D eigenvalue weighted by atomic mass is 16.4. The molecule has 0 saturated heterocycles. The molecule has 0 aliphatic heterocycles. The molecule has 104 valence electrons. The van der Waals surface area contributed by atoms with E-state index in [-0.39, 0.29) is 6.42 Å². The number of aryl methyl sites for hydroxylation is 2. The van der Waals surface area contributed by atoms with Crippen LogP contribution in [-0.2, 0) is 4.79 Å². The third-order valence-electron chi connectivity index (χ3n) is 3.97. The van der Waals surface area contributed by atoms with E-state index in [1.54, 1.807) is 0 Å². The van der Waals surface area contributed by atoms with Crippen LogP contribution in [0.1, 0.15) is 48.9 Å². The molecule has 19 heavy (non-hydrogen) atoms. The van der Waals surface area contributed by atoms with Gasteiger partial charge in [0.15, 0.2) is 0 Å². The largest absolute Gasteiger partial charge is 0.481 e. The van der Waals surface area contributed by atoms with Crippen molar-refractivity contribution in [2.75, 3.05) is 6.54 Å². The lowest BCUT2D eigenvalue weighted by Crippen LogP contribution is -2.31. The molecule has 2 rings (SSSR count). The lowest BCUT2D eigenvalue weighted by molar-refractivity contribution is -0.137. The third kappa shape index (κ3) is 3.57. The second-order valence-electron chi connectivity index (χ2n) is 5.65. The van der Waals surface area contributed by atoms with Crippen LogP contribution in [0.5, 0.6) is 0 Å². The first-order chi connectivity index (χ1) is 8.99. The maximum atomic E-state index is 10.8. The predicted octanol–water partition coefficient (Wildman–Crippen LogP) is 3.30. The Labute approximate surface area is 115 Å². The van der Waals surface area contributed by atoms with E-state index in [0.29, 0.717) is 18.6 Å². The summed E-state index contributed by atoms with van der Waals surface area (Å²) in [6, 6.07) is 7.41. The van der Waals surface area contributed by atoms with E-state index in [4.69, 9.17) is 5.11 Å². The van der Waals surface area contributed by atoms with Gasteiger partial charge in [0.05, 0.1) is 6.42 Å². The lowest BCUT2D eigenvalue weighted by atomic mass is 9.99. The molecule has 1 aromatic rings. The normalized spacial score (nSPS) is 16.6. The van der Waals surface area contributed by atoms with Gasteiger partial charge in [-0.3, -0.25) is 9.69 Å². The van der Waals surface area contributed by atoms with Crippen LogP contribution in [0.15, 0.2) is 18.2 Å². The average molecular weight is 261 g/mol. The zero-order valence-corrected chi connectivity index (χ0v) is 12.0. The maximum absolute atomic E-state index is 10.8. The summed E-state index contributed by atoms with van der Waals surface area (Å²) in [5.41, 5.74) is 3.90. The van der Waals surface area contributed by atoms with Crippen molar-refractivity contribution < 1.29 is 9.90 Å². The molecular formula is C16H23NO2. The van der Waals surface area contributed by atoms with Crippen molar-refractivity contribution in [3.63, 3.8) is 0 Å². The van der Waals surface area contributed by atoms with Crippen LogP contribution in [0, 0.1) is 13.8 Å². The van der Waals surface area contributed by atoms with Crippen LogP contribution in [0.2, 0.25) is 0 Å². The Bertz CT molecular complexity index is 466. The minimum Gasteiger partial charge on any atom is -0.481 e. The molecule has 3 nitrogen and oxygen atoms in total. The van der Waals surface area contributed by atoms with E-state index < -0.39 is 5.97 Å². The number of aliphatic carboxylic acids is 1. The topological polar surface area (TPSA) is 40.5 Å². The lowest BCUT2D eigenvalue weighted by Gasteiger charge is -2.30. The summed E-state index contributed by atoms with van der Waals surface area (Å²) in [7, 11) is 0. The highest BCUT2D eigenvalue weighted by Gasteiger charge is 2.33. The van der Waals surface area contributed by atoms with Gasteiger partial charge >= 0.3 is 5.97 Å². The van der Waals surface area contributed by atoms with Gasteiger partial charge in [0.25, 0.3) is 0 Å². The van der Waals surface area contributed by atoms with Crippen LogP contribution < -0.4 is 0 Å². The molecule has 0 amide bonds. The van der Waals surface area contributed by atoms with Crippen LogP contribution in [0.3, 0.4) is 0 Å². The second kappa shape index (κ2) is 5.74. The van der Waals surface area contributed by atoms with Crippen molar-refractivity contribution in [1.82, 2.24) is 4.90 Å². The Morgan fingerprint density at radius 3 is 2.63 bits per heavy atom.